The van der Waals surface area contributed by atoms with Crippen molar-refractivity contribution in [3.8, 4) is 0 Å². The van der Waals surface area contributed by atoms with Crippen LogP contribution < -0.4 is 10.2 Å². The van der Waals surface area contributed by atoms with Gasteiger partial charge in [-0.25, -0.2) is 4.98 Å². The number of anilines is 2. The molecule has 5 heteroatoms. The highest BCUT2D eigenvalue weighted by Crippen LogP contribution is 2.36. The summed E-state index contributed by atoms with van der Waals surface area (Å²) in [5.41, 5.74) is 0. The Morgan fingerprint density at radius 2 is 1.22 bits per heavy atom. The minimum absolute atomic E-state index is 0.107. The first-order valence-electron chi connectivity index (χ1n) is 6.73. The van der Waals surface area contributed by atoms with Crippen LogP contribution in [-0.2, 0) is 0 Å². The number of rotatable bonds is 8. The van der Waals surface area contributed by atoms with Gasteiger partial charge in [0.1, 0.15) is 11.6 Å². The minimum atomic E-state index is -0.107. The van der Waals surface area contributed by atoms with E-state index in [2.05, 4.69) is 61.1 Å². The molecular weight excluding hydrogens is 260 g/mol. The van der Waals surface area contributed by atoms with E-state index in [0.717, 1.165) is 11.6 Å². The second kappa shape index (κ2) is 8.67. The molecule has 1 aromatic rings. The van der Waals surface area contributed by atoms with E-state index in [1.54, 1.807) is 0 Å². The highest BCUT2D eigenvalue weighted by molar-refractivity contribution is 7.59. The summed E-state index contributed by atoms with van der Waals surface area (Å²) >= 11 is 0. The average Bonchev–Trinajstić information content (AvgIpc) is 2.42. The van der Waals surface area contributed by atoms with Gasteiger partial charge in [0.25, 0.3) is 0 Å². The predicted octanol–water partition coefficient (Wildman–Crippen LogP) is 4.78. The third kappa shape index (κ3) is 5.08. The van der Waals surface area contributed by atoms with Gasteiger partial charge in [0.15, 0.2) is 0 Å². The molecule has 0 fully saturated rings. The lowest BCUT2D eigenvalue weighted by molar-refractivity contribution is 1.31. The first kappa shape index (κ1) is 15.7. The molecule has 0 bridgehead atoms. The molecule has 0 radical (unpaired) electrons. The summed E-state index contributed by atoms with van der Waals surface area (Å²) in [6.07, 6.45) is 4.78. The summed E-state index contributed by atoms with van der Waals surface area (Å²) in [7, 11) is -0.215. The van der Waals surface area contributed by atoms with Crippen molar-refractivity contribution in [2.24, 2.45) is 0 Å². The normalized spacial score (nSPS) is 11.0. The monoisotopic (exact) mass is 285 g/mol. The molecule has 1 aromatic heterocycles. The summed E-state index contributed by atoms with van der Waals surface area (Å²) in [5.74, 6) is 2.02. The van der Waals surface area contributed by atoms with Crippen molar-refractivity contribution in [1.29, 1.82) is 0 Å². The second-order valence-corrected chi connectivity index (χ2v) is 9.11. The van der Waals surface area contributed by atoms with Gasteiger partial charge in [0.05, 0.1) is 0 Å². The maximum Gasteiger partial charge on any atom is 0.131 e. The second-order valence-electron chi connectivity index (χ2n) is 3.98. The summed E-state index contributed by atoms with van der Waals surface area (Å²) in [6.45, 7) is 8.94. The molecular formula is C13H25N3P2. The van der Waals surface area contributed by atoms with Crippen LogP contribution in [0.3, 0.4) is 0 Å². The van der Waals surface area contributed by atoms with Gasteiger partial charge in [-0.3, -0.25) is 0 Å². The molecule has 3 nitrogen and oxygen atoms in total. The van der Waals surface area contributed by atoms with E-state index in [9.17, 15) is 0 Å². The molecule has 0 saturated carbocycles. The smallest absolute Gasteiger partial charge is 0.131 e. The van der Waals surface area contributed by atoms with Crippen molar-refractivity contribution in [3.63, 3.8) is 0 Å². The van der Waals surface area contributed by atoms with Crippen LogP contribution in [-0.4, -0.2) is 29.6 Å². The molecule has 1 heterocycles. The zero-order chi connectivity index (χ0) is 13.4. The fraction of sp³-hybridized carbons (Fsp3) is 0.615. The number of nitrogens with zero attached hydrogens (tertiary/aromatic N) is 1. The predicted molar refractivity (Wildman–Crippen MR) is 87.5 cm³/mol. The van der Waals surface area contributed by atoms with Crippen molar-refractivity contribution in [1.82, 2.24) is 4.98 Å². The Morgan fingerprint density at radius 3 is 1.56 bits per heavy atom. The molecule has 0 spiro atoms. The van der Waals surface area contributed by atoms with E-state index >= 15 is 0 Å². The SMILES string of the molecule is CCP(CC)Nc1cccc(NP(CC)CC)n1. The molecule has 0 amide bonds. The third-order valence-electron chi connectivity index (χ3n) is 2.82. The quantitative estimate of drug-likeness (QED) is 0.675. The van der Waals surface area contributed by atoms with Crippen LogP contribution in [0, 0.1) is 0 Å². The lowest BCUT2D eigenvalue weighted by Gasteiger charge is -2.18. The van der Waals surface area contributed by atoms with E-state index < -0.39 is 0 Å². The maximum absolute atomic E-state index is 4.65. The van der Waals surface area contributed by atoms with Gasteiger partial charge in [-0.2, -0.15) is 0 Å². The molecule has 1 rings (SSSR count). The van der Waals surface area contributed by atoms with Gasteiger partial charge in [-0.15, -0.1) is 0 Å². The Hall–Kier alpha value is -0.390. The van der Waals surface area contributed by atoms with Gasteiger partial charge in [0.2, 0.25) is 0 Å². The van der Waals surface area contributed by atoms with E-state index in [4.69, 9.17) is 0 Å². The Balaban J connectivity index is 2.66. The van der Waals surface area contributed by atoms with E-state index in [1.807, 2.05) is 0 Å². The molecule has 0 aromatic carbocycles. The lowest BCUT2D eigenvalue weighted by Crippen LogP contribution is -2.02. The van der Waals surface area contributed by atoms with Crippen LogP contribution >= 0.6 is 16.1 Å². The van der Waals surface area contributed by atoms with E-state index in [-0.39, 0.29) is 16.1 Å². The number of nitrogens with one attached hydrogen (secondary N) is 2. The molecule has 102 valence electrons. The van der Waals surface area contributed by atoms with Gasteiger partial charge in [-0.1, -0.05) is 33.8 Å². The summed E-state index contributed by atoms with van der Waals surface area (Å²) in [6, 6.07) is 6.20. The average molecular weight is 285 g/mol. The molecule has 18 heavy (non-hydrogen) atoms. The van der Waals surface area contributed by atoms with Gasteiger partial charge in [-0.05, 0) is 52.9 Å². The van der Waals surface area contributed by atoms with Crippen LogP contribution in [0.25, 0.3) is 0 Å². The van der Waals surface area contributed by atoms with Crippen molar-refractivity contribution < 1.29 is 0 Å². The van der Waals surface area contributed by atoms with Crippen LogP contribution in [0.1, 0.15) is 27.7 Å². The van der Waals surface area contributed by atoms with E-state index in [1.165, 1.54) is 24.6 Å². The summed E-state index contributed by atoms with van der Waals surface area (Å²) in [4.78, 5) is 4.65. The molecule has 0 aliphatic carbocycles. The molecule has 0 unspecified atom stereocenters. The fourth-order valence-corrected chi connectivity index (χ4v) is 4.07. The number of hydrogen-bond donors (Lipinski definition) is 2. The topological polar surface area (TPSA) is 37.0 Å². The van der Waals surface area contributed by atoms with Gasteiger partial charge < -0.3 is 10.2 Å². The first-order valence-corrected chi connectivity index (χ1v) is 10.2. The Morgan fingerprint density at radius 1 is 0.833 bits per heavy atom. The number of aromatic nitrogens is 1. The zero-order valence-corrected chi connectivity index (χ0v) is 13.7. The molecule has 0 saturated heterocycles. The van der Waals surface area contributed by atoms with Crippen LogP contribution in [0.5, 0.6) is 0 Å². The van der Waals surface area contributed by atoms with E-state index in [0.29, 0.717) is 0 Å². The third-order valence-corrected chi connectivity index (χ3v) is 6.97. The van der Waals surface area contributed by atoms with Crippen molar-refractivity contribution in [3.05, 3.63) is 18.2 Å². The highest BCUT2D eigenvalue weighted by Gasteiger charge is 2.06. The van der Waals surface area contributed by atoms with Gasteiger partial charge >= 0.3 is 0 Å². The largest absolute Gasteiger partial charge is 0.349 e. The summed E-state index contributed by atoms with van der Waals surface area (Å²) in [5, 5.41) is 7.10. The maximum atomic E-state index is 4.65. The van der Waals surface area contributed by atoms with Gasteiger partial charge in [0, 0.05) is 0 Å². The Bertz CT molecular complexity index is 310. The molecule has 0 atom stereocenters. The standard InChI is InChI=1S/C13H25N3P2/c1-5-17(6-2)15-12-10-9-11-13(14-12)16-18(7-3)8-4/h9-11H,5-8H2,1-4H3,(H2,14,15,16). The fourth-order valence-electron chi connectivity index (χ4n) is 1.65. The first-order chi connectivity index (χ1) is 8.73. The molecule has 0 aliphatic rings. The van der Waals surface area contributed by atoms with Crippen LogP contribution in [0.4, 0.5) is 11.6 Å². The molecule has 0 aliphatic heterocycles. The van der Waals surface area contributed by atoms with Crippen LogP contribution in [0.15, 0.2) is 18.2 Å². The van der Waals surface area contributed by atoms with Crippen molar-refractivity contribution in [2.75, 3.05) is 34.8 Å². The Labute approximate surface area is 114 Å². The number of hydrogen-bond acceptors (Lipinski definition) is 3. The van der Waals surface area contributed by atoms with Crippen molar-refractivity contribution >= 4 is 27.8 Å². The lowest BCUT2D eigenvalue weighted by atomic mass is 10.4. The molecule has 2 N–H and O–H groups in total. The highest BCUT2D eigenvalue weighted by atomic mass is 31.1. The number of pyridine rings is 1. The summed E-state index contributed by atoms with van der Waals surface area (Å²) < 4.78 is 0. The zero-order valence-electron chi connectivity index (χ0n) is 11.9. The van der Waals surface area contributed by atoms with Crippen molar-refractivity contribution in [2.45, 2.75) is 27.7 Å². The minimum Gasteiger partial charge on any atom is -0.349 e. The Kier molecular flexibility index (Phi) is 7.54. The van der Waals surface area contributed by atoms with Crippen LogP contribution in [0.2, 0.25) is 0 Å².